The third kappa shape index (κ3) is 5.83. The van der Waals surface area contributed by atoms with Crippen molar-refractivity contribution in [3.05, 3.63) is 23.5 Å². The molecule has 2 fully saturated rings. The van der Waals surface area contributed by atoms with E-state index >= 15 is 0 Å². The molecular weight excluding hydrogens is 358 g/mol. The number of rotatable bonds is 11. The van der Waals surface area contributed by atoms with Gasteiger partial charge in [0.15, 0.2) is 0 Å². The zero-order valence-electron chi connectivity index (χ0n) is 16.9. The van der Waals surface area contributed by atoms with Crippen molar-refractivity contribution >= 4 is 6.47 Å². The molecule has 0 aromatic rings. The monoisotopic (exact) mass is 391 g/mol. The molecule has 6 heteroatoms. The molecule has 1 saturated heterocycles. The molecule has 156 valence electrons. The topological polar surface area (TPSA) is 99.8 Å². The summed E-state index contributed by atoms with van der Waals surface area (Å²) in [5.74, 6) is 0.938. The normalized spacial score (nSPS) is 30.4. The van der Waals surface area contributed by atoms with E-state index in [1.165, 1.54) is 0 Å². The molecule has 6 atom stereocenters. The van der Waals surface area contributed by atoms with Crippen molar-refractivity contribution < 1.29 is 24.5 Å². The Bertz CT molecular complexity index is 609. The summed E-state index contributed by atoms with van der Waals surface area (Å²) in [5.41, 5.74) is 0.592. The first-order valence-corrected chi connectivity index (χ1v) is 10.4. The molecule has 1 heterocycles. The predicted octanol–water partition coefficient (Wildman–Crippen LogP) is 3.25. The second-order valence-corrected chi connectivity index (χ2v) is 7.98. The van der Waals surface area contributed by atoms with Crippen LogP contribution in [-0.4, -0.2) is 41.6 Å². The number of carbonyl (C=O) groups excluding carboxylic acids is 1. The van der Waals surface area contributed by atoms with Crippen molar-refractivity contribution in [1.29, 1.82) is 5.26 Å². The predicted molar refractivity (Wildman–Crippen MR) is 105 cm³/mol. The average Bonchev–Trinajstić information content (AvgIpc) is 3.21. The fourth-order valence-corrected chi connectivity index (χ4v) is 4.18. The smallest absolute Gasteiger partial charge is 0.293 e. The number of carbonyl (C=O) groups is 1. The quantitative estimate of drug-likeness (QED) is 0.243. The minimum absolute atomic E-state index is 0.0751. The second kappa shape index (κ2) is 11.2. The van der Waals surface area contributed by atoms with Crippen LogP contribution in [-0.2, 0) is 14.3 Å². The van der Waals surface area contributed by atoms with Gasteiger partial charge >= 0.3 is 0 Å². The van der Waals surface area contributed by atoms with Crippen molar-refractivity contribution in [2.45, 2.75) is 77.1 Å². The van der Waals surface area contributed by atoms with E-state index in [0.29, 0.717) is 43.5 Å². The minimum atomic E-state index is -0.511. The molecule has 28 heavy (non-hydrogen) atoms. The lowest BCUT2D eigenvalue weighted by molar-refractivity contribution is -0.128. The van der Waals surface area contributed by atoms with E-state index in [1.807, 2.05) is 19.1 Å². The van der Waals surface area contributed by atoms with Gasteiger partial charge in [-0.15, -0.1) is 0 Å². The van der Waals surface area contributed by atoms with E-state index in [-0.39, 0.29) is 30.5 Å². The van der Waals surface area contributed by atoms with Crippen molar-refractivity contribution in [2.24, 2.45) is 17.8 Å². The molecule has 2 N–H and O–H groups in total. The van der Waals surface area contributed by atoms with Gasteiger partial charge in [-0.3, -0.25) is 4.79 Å². The molecule has 1 aliphatic heterocycles. The van der Waals surface area contributed by atoms with Crippen molar-refractivity contribution in [3.8, 4) is 6.07 Å². The van der Waals surface area contributed by atoms with Gasteiger partial charge in [0, 0.05) is 24.7 Å². The molecule has 0 radical (unpaired) electrons. The maximum atomic E-state index is 10.4. The lowest BCUT2D eigenvalue weighted by atomic mass is 9.89. The summed E-state index contributed by atoms with van der Waals surface area (Å²) in [6, 6.07) is 2.21. The van der Waals surface area contributed by atoms with Crippen molar-refractivity contribution in [3.63, 3.8) is 0 Å². The van der Waals surface area contributed by atoms with E-state index in [9.17, 15) is 20.3 Å². The Labute approximate surface area is 167 Å². The molecule has 0 amide bonds. The van der Waals surface area contributed by atoms with Gasteiger partial charge in [-0.2, -0.15) is 5.26 Å². The van der Waals surface area contributed by atoms with E-state index in [0.717, 1.165) is 19.3 Å². The Morgan fingerprint density at radius 2 is 2.25 bits per heavy atom. The first kappa shape index (κ1) is 22.4. The summed E-state index contributed by atoms with van der Waals surface area (Å²) >= 11 is 0. The number of nitrogens with zero attached hydrogens (tertiary/aromatic N) is 1. The fourth-order valence-electron chi connectivity index (χ4n) is 4.18. The molecule has 0 aromatic heterocycles. The number of unbranched alkanes of at least 4 members (excludes halogenated alkanes) is 1. The lowest BCUT2D eigenvalue weighted by Gasteiger charge is -2.18. The van der Waals surface area contributed by atoms with Gasteiger partial charge in [-0.25, -0.2) is 0 Å². The average molecular weight is 392 g/mol. The SMILES string of the molecule is CCCCC(C)[C@H](O)/C=C/[C@@H]1[C@H]2C/C(=C(\C#N)CCCOC=O)O[C@H]2C[C@H]1O. The minimum Gasteiger partial charge on any atom is -0.493 e. The van der Waals surface area contributed by atoms with Crippen LogP contribution in [0.5, 0.6) is 0 Å². The highest BCUT2D eigenvalue weighted by Crippen LogP contribution is 2.46. The Hall–Kier alpha value is -1.84. The van der Waals surface area contributed by atoms with E-state index in [1.54, 1.807) is 0 Å². The molecule has 1 unspecified atom stereocenters. The van der Waals surface area contributed by atoms with Crippen molar-refractivity contribution in [1.82, 2.24) is 0 Å². The first-order valence-electron chi connectivity index (χ1n) is 10.4. The zero-order valence-corrected chi connectivity index (χ0v) is 16.9. The van der Waals surface area contributed by atoms with Gasteiger partial charge in [0.25, 0.3) is 6.47 Å². The van der Waals surface area contributed by atoms with Crippen LogP contribution in [0.1, 0.15) is 58.8 Å². The van der Waals surface area contributed by atoms with Crippen LogP contribution in [0.2, 0.25) is 0 Å². The van der Waals surface area contributed by atoms with Crippen LogP contribution in [0.3, 0.4) is 0 Å². The van der Waals surface area contributed by atoms with Gasteiger partial charge < -0.3 is 19.7 Å². The van der Waals surface area contributed by atoms with Crippen LogP contribution in [0, 0.1) is 29.1 Å². The summed E-state index contributed by atoms with van der Waals surface area (Å²) in [5, 5.41) is 30.2. The molecule has 1 saturated carbocycles. The number of hydrogen-bond acceptors (Lipinski definition) is 6. The summed E-state index contributed by atoms with van der Waals surface area (Å²) in [6.07, 6.45) is 8.11. The number of aliphatic hydroxyl groups excluding tert-OH is 2. The largest absolute Gasteiger partial charge is 0.493 e. The molecule has 6 nitrogen and oxygen atoms in total. The maximum Gasteiger partial charge on any atom is 0.293 e. The first-order chi connectivity index (χ1) is 13.5. The highest BCUT2D eigenvalue weighted by atomic mass is 16.5. The van der Waals surface area contributed by atoms with Gasteiger partial charge in [-0.1, -0.05) is 38.8 Å². The Morgan fingerprint density at radius 1 is 1.46 bits per heavy atom. The Kier molecular flexibility index (Phi) is 9.01. The Morgan fingerprint density at radius 3 is 2.93 bits per heavy atom. The maximum absolute atomic E-state index is 10.4. The van der Waals surface area contributed by atoms with Gasteiger partial charge in [-0.05, 0) is 25.2 Å². The zero-order chi connectivity index (χ0) is 20.5. The van der Waals surface area contributed by atoms with Gasteiger partial charge in [0.2, 0.25) is 0 Å². The summed E-state index contributed by atoms with van der Waals surface area (Å²) in [7, 11) is 0. The summed E-state index contributed by atoms with van der Waals surface area (Å²) in [4.78, 5) is 10.2. The highest BCUT2D eigenvalue weighted by Gasteiger charge is 2.47. The number of ether oxygens (including phenoxy) is 2. The number of fused-ring (bicyclic) bond motifs is 1. The van der Waals surface area contributed by atoms with Crippen LogP contribution in [0.4, 0.5) is 0 Å². The summed E-state index contributed by atoms with van der Waals surface area (Å²) < 4.78 is 10.7. The lowest BCUT2D eigenvalue weighted by Crippen LogP contribution is -2.20. The number of nitriles is 1. The van der Waals surface area contributed by atoms with Gasteiger partial charge in [0.05, 0.1) is 30.5 Å². The molecule has 2 rings (SSSR count). The highest BCUT2D eigenvalue weighted by molar-refractivity contribution is 5.36. The molecule has 2 aliphatic rings. The number of allylic oxidation sites excluding steroid dienone is 2. The standard InChI is InChI=1S/C22H33NO5/c1-3-4-6-15(2)19(25)9-8-17-18-11-21(28-22(18)12-20(17)26)16(13-23)7-5-10-27-14-24/h8-9,14-15,17-20,22,25-26H,3-7,10-12H2,1-2H3/b9-8+,21-16+/t15?,17-,18-,19-,20-,22+/m1/s1. The van der Waals surface area contributed by atoms with E-state index in [4.69, 9.17) is 4.74 Å². The van der Waals surface area contributed by atoms with E-state index in [2.05, 4.69) is 17.7 Å². The van der Waals surface area contributed by atoms with Crippen molar-refractivity contribution in [2.75, 3.05) is 6.61 Å². The number of aliphatic hydroxyl groups is 2. The summed E-state index contributed by atoms with van der Waals surface area (Å²) in [6.45, 7) is 4.88. The van der Waals surface area contributed by atoms with Crippen LogP contribution < -0.4 is 0 Å². The van der Waals surface area contributed by atoms with Crippen LogP contribution in [0.25, 0.3) is 0 Å². The fraction of sp³-hybridized carbons (Fsp3) is 0.727. The molecule has 0 spiro atoms. The molecular formula is C22H33NO5. The number of hydrogen-bond donors (Lipinski definition) is 2. The van der Waals surface area contributed by atoms with Crippen LogP contribution >= 0.6 is 0 Å². The van der Waals surface area contributed by atoms with Gasteiger partial charge in [0.1, 0.15) is 11.9 Å². The molecule has 0 bridgehead atoms. The second-order valence-electron chi connectivity index (χ2n) is 7.98. The third-order valence-electron chi connectivity index (χ3n) is 5.96. The molecule has 0 aromatic carbocycles. The third-order valence-corrected chi connectivity index (χ3v) is 5.96. The Balaban J connectivity index is 1.98. The van der Waals surface area contributed by atoms with Crippen LogP contribution in [0.15, 0.2) is 23.5 Å². The molecule has 1 aliphatic carbocycles. The van der Waals surface area contributed by atoms with E-state index < -0.39 is 12.2 Å².